The Balaban J connectivity index is 1.29. The number of ether oxygens (including phenoxy) is 1. The predicted molar refractivity (Wildman–Crippen MR) is 111 cm³/mol. The van der Waals surface area contributed by atoms with Crippen LogP contribution in [0.25, 0.3) is 0 Å². The molecule has 0 radical (unpaired) electrons. The van der Waals surface area contributed by atoms with Gasteiger partial charge in [-0.2, -0.15) is 0 Å². The number of hydrogen-bond acceptors (Lipinski definition) is 4. The summed E-state index contributed by atoms with van der Waals surface area (Å²) >= 11 is 0. The van der Waals surface area contributed by atoms with Crippen LogP contribution >= 0.6 is 0 Å². The molecule has 2 heterocycles. The molecule has 29 heavy (non-hydrogen) atoms. The summed E-state index contributed by atoms with van der Waals surface area (Å²) in [6.45, 7) is 3.28. The normalized spacial score (nSPS) is 41.4. The maximum absolute atomic E-state index is 13.7. The van der Waals surface area contributed by atoms with E-state index in [1.54, 1.807) is 11.4 Å². The zero-order valence-electron chi connectivity index (χ0n) is 17.9. The van der Waals surface area contributed by atoms with E-state index in [2.05, 4.69) is 4.90 Å². The van der Waals surface area contributed by atoms with Crippen LogP contribution < -0.4 is 0 Å². The first-order valence-corrected chi connectivity index (χ1v) is 13.3. The number of rotatable bonds is 4. The number of likely N-dealkylation sites (tertiary alicyclic amines) is 1. The zero-order valence-corrected chi connectivity index (χ0v) is 18.8. The van der Waals surface area contributed by atoms with Gasteiger partial charge in [0.05, 0.1) is 18.3 Å². The monoisotopic (exact) mass is 424 g/mol. The third kappa shape index (κ3) is 3.35. The highest BCUT2D eigenvalue weighted by molar-refractivity contribution is 7.88. The van der Waals surface area contributed by atoms with Crippen LogP contribution in [0.4, 0.5) is 0 Å². The summed E-state index contributed by atoms with van der Waals surface area (Å²) in [6.07, 6.45) is 10.5. The lowest BCUT2D eigenvalue weighted by Gasteiger charge is -2.57. The summed E-state index contributed by atoms with van der Waals surface area (Å²) in [7, 11) is -1.50. The van der Waals surface area contributed by atoms with Gasteiger partial charge in [-0.25, -0.2) is 12.7 Å². The second kappa shape index (κ2) is 6.92. The first-order valence-electron chi connectivity index (χ1n) is 11.5. The molecule has 6 rings (SSSR count). The van der Waals surface area contributed by atoms with Gasteiger partial charge in [0.25, 0.3) is 0 Å². The van der Waals surface area contributed by atoms with Gasteiger partial charge in [-0.3, -0.25) is 4.79 Å². The van der Waals surface area contributed by atoms with Crippen LogP contribution in [0.15, 0.2) is 0 Å². The van der Waals surface area contributed by atoms with Gasteiger partial charge in [0.15, 0.2) is 0 Å². The number of piperidine rings is 1. The molecule has 7 heteroatoms. The fourth-order valence-electron chi connectivity index (χ4n) is 8.10. The van der Waals surface area contributed by atoms with E-state index in [0.717, 1.165) is 62.9 Å². The van der Waals surface area contributed by atoms with Crippen LogP contribution in [0.3, 0.4) is 0 Å². The lowest BCUT2D eigenvalue weighted by atomic mass is 9.49. The second-order valence-electron chi connectivity index (χ2n) is 11.1. The molecular weight excluding hydrogens is 388 g/mol. The van der Waals surface area contributed by atoms with Crippen molar-refractivity contribution in [2.75, 3.05) is 46.2 Å². The third-order valence-electron chi connectivity index (χ3n) is 9.16. The van der Waals surface area contributed by atoms with Gasteiger partial charge < -0.3 is 9.64 Å². The molecule has 6 nitrogen and oxygen atoms in total. The quantitative estimate of drug-likeness (QED) is 0.695. The zero-order chi connectivity index (χ0) is 20.4. The van der Waals surface area contributed by atoms with Gasteiger partial charge in [0.1, 0.15) is 0 Å². The standard InChI is InChI=1S/C22H36N2O4S/c1-28-14-19-13-24(29(2,26)27)15-21(19)3-5-23(6-4-21)20(25)22-10-16-7-17(11-22)9-18(8-16)12-22/h16-19H,3-15H2,1-2H3/t16?,17?,18?,19-,22?/m0/s1. The largest absolute Gasteiger partial charge is 0.384 e. The molecule has 164 valence electrons. The smallest absolute Gasteiger partial charge is 0.228 e. The number of methoxy groups -OCH3 is 1. The molecule has 0 aromatic carbocycles. The minimum atomic E-state index is -3.19. The summed E-state index contributed by atoms with van der Waals surface area (Å²) in [5, 5.41) is 0. The number of hydrogen-bond donors (Lipinski definition) is 0. The highest BCUT2D eigenvalue weighted by Crippen LogP contribution is 2.61. The van der Waals surface area contributed by atoms with E-state index in [1.807, 2.05) is 0 Å². The minimum Gasteiger partial charge on any atom is -0.384 e. The van der Waals surface area contributed by atoms with Crippen LogP contribution in [-0.2, 0) is 19.6 Å². The van der Waals surface area contributed by atoms with E-state index in [9.17, 15) is 13.2 Å². The first kappa shape index (κ1) is 20.3. The second-order valence-corrected chi connectivity index (χ2v) is 13.0. The molecule has 1 spiro atoms. The molecule has 1 atom stereocenters. The molecule has 4 saturated carbocycles. The summed E-state index contributed by atoms with van der Waals surface area (Å²) in [4.78, 5) is 15.8. The lowest BCUT2D eigenvalue weighted by molar-refractivity contribution is -0.160. The average molecular weight is 425 g/mol. The van der Waals surface area contributed by atoms with Crippen LogP contribution in [0.5, 0.6) is 0 Å². The van der Waals surface area contributed by atoms with Gasteiger partial charge in [-0.05, 0) is 74.5 Å². The van der Waals surface area contributed by atoms with Crippen LogP contribution in [0, 0.1) is 34.5 Å². The number of nitrogens with zero attached hydrogens (tertiary/aromatic N) is 2. The number of amides is 1. The third-order valence-corrected chi connectivity index (χ3v) is 10.4. The maximum Gasteiger partial charge on any atom is 0.228 e. The van der Waals surface area contributed by atoms with Gasteiger partial charge in [0, 0.05) is 39.2 Å². The Morgan fingerprint density at radius 2 is 1.59 bits per heavy atom. The Labute approximate surface area is 175 Å². The SMILES string of the molecule is COC[C@@H]1CN(S(C)(=O)=O)CC12CCN(C(=O)C13CC4CC(CC(C4)C1)C3)CC2. The van der Waals surface area contributed by atoms with E-state index in [-0.39, 0.29) is 16.7 Å². The van der Waals surface area contributed by atoms with Crippen molar-refractivity contribution in [1.82, 2.24) is 9.21 Å². The highest BCUT2D eigenvalue weighted by Gasteiger charge is 2.57. The van der Waals surface area contributed by atoms with Crippen molar-refractivity contribution in [2.45, 2.75) is 51.4 Å². The topological polar surface area (TPSA) is 66.9 Å². The van der Waals surface area contributed by atoms with Crippen LogP contribution in [0.2, 0.25) is 0 Å². The van der Waals surface area contributed by atoms with Gasteiger partial charge in [-0.1, -0.05) is 0 Å². The van der Waals surface area contributed by atoms with Crippen molar-refractivity contribution in [1.29, 1.82) is 0 Å². The molecular formula is C22H36N2O4S. The average Bonchev–Trinajstić information content (AvgIpc) is 2.99. The van der Waals surface area contributed by atoms with Crippen molar-refractivity contribution in [3.63, 3.8) is 0 Å². The first-order chi connectivity index (χ1) is 13.7. The summed E-state index contributed by atoms with van der Waals surface area (Å²) in [6, 6.07) is 0. The molecule has 6 aliphatic rings. The summed E-state index contributed by atoms with van der Waals surface area (Å²) in [5.74, 6) is 2.99. The van der Waals surface area contributed by atoms with E-state index < -0.39 is 10.0 Å². The molecule has 6 fully saturated rings. The van der Waals surface area contributed by atoms with Crippen molar-refractivity contribution >= 4 is 15.9 Å². The molecule has 0 unspecified atom stereocenters. The Morgan fingerprint density at radius 3 is 2.07 bits per heavy atom. The van der Waals surface area contributed by atoms with Crippen molar-refractivity contribution in [3.8, 4) is 0 Å². The number of carbonyl (C=O) groups is 1. The molecule has 4 aliphatic carbocycles. The Morgan fingerprint density at radius 1 is 1.03 bits per heavy atom. The van der Waals surface area contributed by atoms with Gasteiger partial charge in [-0.15, -0.1) is 0 Å². The maximum atomic E-state index is 13.7. The van der Waals surface area contributed by atoms with Crippen molar-refractivity contribution in [3.05, 3.63) is 0 Å². The highest BCUT2D eigenvalue weighted by atomic mass is 32.2. The fraction of sp³-hybridized carbons (Fsp3) is 0.955. The van der Waals surface area contributed by atoms with E-state index in [0.29, 0.717) is 25.6 Å². The number of sulfonamides is 1. The molecule has 0 aromatic rings. The molecule has 0 aromatic heterocycles. The molecule has 1 amide bonds. The van der Waals surface area contributed by atoms with Crippen LogP contribution in [-0.4, -0.2) is 69.7 Å². The van der Waals surface area contributed by atoms with Gasteiger partial charge >= 0.3 is 0 Å². The summed E-state index contributed by atoms with van der Waals surface area (Å²) < 4.78 is 31.4. The van der Waals surface area contributed by atoms with Gasteiger partial charge in [0.2, 0.25) is 15.9 Å². The van der Waals surface area contributed by atoms with Crippen molar-refractivity contribution in [2.24, 2.45) is 34.5 Å². The molecule has 0 N–H and O–H groups in total. The Bertz CT molecular complexity index is 736. The lowest BCUT2D eigenvalue weighted by Crippen LogP contribution is -2.57. The molecule has 4 bridgehead atoms. The molecule has 2 aliphatic heterocycles. The number of carbonyl (C=O) groups excluding carboxylic acids is 1. The minimum absolute atomic E-state index is 0.0443. The predicted octanol–water partition coefficient (Wildman–Crippen LogP) is 2.35. The fourth-order valence-corrected chi connectivity index (χ4v) is 9.04. The van der Waals surface area contributed by atoms with Crippen molar-refractivity contribution < 1.29 is 17.9 Å². The van der Waals surface area contributed by atoms with E-state index in [4.69, 9.17) is 4.74 Å². The molecule has 2 saturated heterocycles. The Hall–Kier alpha value is -0.660. The van der Waals surface area contributed by atoms with E-state index >= 15 is 0 Å². The van der Waals surface area contributed by atoms with Crippen LogP contribution in [0.1, 0.15) is 51.4 Å². The van der Waals surface area contributed by atoms with E-state index in [1.165, 1.54) is 25.5 Å². The Kier molecular flexibility index (Phi) is 4.84. The summed E-state index contributed by atoms with van der Waals surface area (Å²) in [5.41, 5.74) is -0.114.